The molecular weight excluding hydrogens is 246 g/mol. The molecule has 1 aliphatic rings. The molecule has 1 heterocycles. The Bertz CT molecular complexity index is 592. The van der Waals surface area contributed by atoms with Gasteiger partial charge in [0.25, 0.3) is 0 Å². The average molecular weight is 269 g/mol. The summed E-state index contributed by atoms with van der Waals surface area (Å²) in [5.41, 5.74) is 9.56. The van der Waals surface area contributed by atoms with Crippen LogP contribution in [0.4, 0.5) is 0 Å². The van der Waals surface area contributed by atoms with E-state index >= 15 is 0 Å². The molecule has 20 heavy (non-hydrogen) atoms. The Labute approximate surface area is 120 Å². The fraction of sp³-hybridized carbons (Fsp3) is 0.471. The zero-order valence-corrected chi connectivity index (χ0v) is 12.5. The maximum atomic E-state index is 6.51. The van der Waals surface area contributed by atoms with Crippen molar-refractivity contribution >= 4 is 0 Å². The first-order valence-corrected chi connectivity index (χ1v) is 7.45. The van der Waals surface area contributed by atoms with Crippen LogP contribution in [0.15, 0.2) is 30.3 Å². The zero-order valence-electron chi connectivity index (χ0n) is 12.5. The maximum absolute atomic E-state index is 6.51. The van der Waals surface area contributed by atoms with Gasteiger partial charge in [-0.1, -0.05) is 44.2 Å². The molecule has 3 nitrogen and oxygen atoms in total. The van der Waals surface area contributed by atoms with Crippen molar-refractivity contribution in [3.63, 3.8) is 0 Å². The monoisotopic (exact) mass is 269 g/mol. The van der Waals surface area contributed by atoms with Crippen molar-refractivity contribution < 1.29 is 0 Å². The zero-order chi connectivity index (χ0) is 14.3. The van der Waals surface area contributed by atoms with E-state index in [0.29, 0.717) is 11.8 Å². The first-order chi connectivity index (χ1) is 9.50. The molecule has 1 fully saturated rings. The van der Waals surface area contributed by atoms with Crippen LogP contribution in [-0.4, -0.2) is 9.97 Å². The summed E-state index contributed by atoms with van der Waals surface area (Å²) in [7, 11) is 0. The molecule has 1 aromatic heterocycles. The number of nitrogens with one attached hydrogen (secondary N) is 1. The van der Waals surface area contributed by atoms with Gasteiger partial charge in [-0.05, 0) is 31.6 Å². The molecule has 1 saturated carbocycles. The summed E-state index contributed by atoms with van der Waals surface area (Å²) in [5, 5.41) is 0. The number of nitrogens with zero attached hydrogens (tertiary/aromatic N) is 1. The first kappa shape index (κ1) is 13.4. The van der Waals surface area contributed by atoms with E-state index in [1.54, 1.807) is 0 Å². The SMILES string of the molecule is CC(C)c1[nH]c(C(C)(N)C2CC2)nc1-c1ccccc1. The highest BCUT2D eigenvalue weighted by atomic mass is 15.0. The van der Waals surface area contributed by atoms with Gasteiger partial charge in [0, 0.05) is 11.3 Å². The summed E-state index contributed by atoms with van der Waals surface area (Å²) in [4.78, 5) is 8.36. The smallest absolute Gasteiger partial charge is 0.127 e. The predicted molar refractivity (Wildman–Crippen MR) is 82.4 cm³/mol. The van der Waals surface area contributed by atoms with Crippen molar-refractivity contribution in [2.45, 2.75) is 45.1 Å². The van der Waals surface area contributed by atoms with Crippen LogP contribution < -0.4 is 5.73 Å². The van der Waals surface area contributed by atoms with E-state index in [-0.39, 0.29) is 5.54 Å². The molecule has 1 aliphatic carbocycles. The summed E-state index contributed by atoms with van der Waals surface area (Å²) < 4.78 is 0. The normalized spacial score (nSPS) is 18.2. The number of benzene rings is 1. The Hall–Kier alpha value is -1.61. The van der Waals surface area contributed by atoms with E-state index in [1.165, 1.54) is 18.5 Å². The topological polar surface area (TPSA) is 54.7 Å². The second-order valence-corrected chi connectivity index (χ2v) is 6.43. The van der Waals surface area contributed by atoms with Gasteiger partial charge in [-0.25, -0.2) is 4.98 Å². The Morgan fingerprint density at radius 1 is 1.25 bits per heavy atom. The van der Waals surface area contributed by atoms with Gasteiger partial charge in [0.2, 0.25) is 0 Å². The number of imidazole rings is 1. The van der Waals surface area contributed by atoms with Crippen LogP contribution in [0.2, 0.25) is 0 Å². The molecule has 0 aliphatic heterocycles. The number of hydrogen-bond donors (Lipinski definition) is 2. The molecule has 1 atom stereocenters. The number of aromatic nitrogens is 2. The van der Waals surface area contributed by atoms with Gasteiger partial charge in [0.1, 0.15) is 5.82 Å². The minimum absolute atomic E-state index is 0.337. The van der Waals surface area contributed by atoms with E-state index in [0.717, 1.165) is 17.1 Å². The molecular formula is C17H23N3. The molecule has 0 spiro atoms. The van der Waals surface area contributed by atoms with E-state index < -0.39 is 0 Å². The number of hydrogen-bond acceptors (Lipinski definition) is 2. The Morgan fingerprint density at radius 2 is 1.90 bits per heavy atom. The molecule has 0 radical (unpaired) electrons. The van der Waals surface area contributed by atoms with Crippen molar-refractivity contribution in [3.05, 3.63) is 41.9 Å². The van der Waals surface area contributed by atoms with Crippen LogP contribution in [0, 0.1) is 5.92 Å². The third kappa shape index (κ3) is 2.27. The fourth-order valence-electron chi connectivity index (χ4n) is 2.75. The average Bonchev–Trinajstić information content (AvgIpc) is 3.18. The van der Waals surface area contributed by atoms with Gasteiger partial charge in [0.15, 0.2) is 0 Å². The minimum atomic E-state index is -0.337. The molecule has 0 bridgehead atoms. The van der Waals surface area contributed by atoms with Gasteiger partial charge < -0.3 is 10.7 Å². The highest BCUT2D eigenvalue weighted by Crippen LogP contribution is 2.43. The summed E-state index contributed by atoms with van der Waals surface area (Å²) >= 11 is 0. The van der Waals surface area contributed by atoms with Crippen LogP contribution >= 0.6 is 0 Å². The van der Waals surface area contributed by atoms with E-state index in [9.17, 15) is 0 Å². The summed E-state index contributed by atoms with van der Waals surface area (Å²) in [6.07, 6.45) is 2.43. The standard InChI is InChI=1S/C17H23N3/c1-11(2)14-15(12-7-5-4-6-8-12)20-16(19-14)17(3,18)13-9-10-13/h4-8,11,13H,9-10,18H2,1-3H3,(H,19,20). The van der Waals surface area contributed by atoms with Crippen molar-refractivity contribution in [1.82, 2.24) is 9.97 Å². The molecule has 1 aromatic carbocycles. The summed E-state index contributed by atoms with van der Waals surface area (Å²) in [5.74, 6) is 1.90. The molecule has 3 heteroatoms. The summed E-state index contributed by atoms with van der Waals surface area (Å²) in [6, 6.07) is 10.4. The van der Waals surface area contributed by atoms with Gasteiger partial charge in [-0.3, -0.25) is 0 Å². The number of nitrogens with two attached hydrogens (primary N) is 1. The van der Waals surface area contributed by atoms with Crippen molar-refractivity contribution in [2.75, 3.05) is 0 Å². The number of aromatic amines is 1. The highest BCUT2D eigenvalue weighted by molar-refractivity contribution is 5.63. The van der Waals surface area contributed by atoms with E-state index in [2.05, 4.69) is 50.0 Å². The minimum Gasteiger partial charge on any atom is -0.344 e. The lowest BCUT2D eigenvalue weighted by Gasteiger charge is -2.21. The first-order valence-electron chi connectivity index (χ1n) is 7.45. The van der Waals surface area contributed by atoms with Crippen molar-refractivity contribution in [1.29, 1.82) is 0 Å². The van der Waals surface area contributed by atoms with Crippen LogP contribution in [0.1, 0.15) is 51.0 Å². The molecule has 0 saturated heterocycles. The van der Waals surface area contributed by atoms with Gasteiger partial charge >= 0.3 is 0 Å². The van der Waals surface area contributed by atoms with E-state index in [1.807, 2.05) is 6.07 Å². The number of rotatable bonds is 4. The van der Waals surface area contributed by atoms with Crippen LogP contribution in [0.25, 0.3) is 11.3 Å². The van der Waals surface area contributed by atoms with Crippen molar-refractivity contribution in [2.24, 2.45) is 11.7 Å². The summed E-state index contributed by atoms with van der Waals surface area (Å²) in [6.45, 7) is 6.48. The highest BCUT2D eigenvalue weighted by Gasteiger charge is 2.42. The number of H-pyrrole nitrogens is 1. The van der Waals surface area contributed by atoms with Gasteiger partial charge in [0.05, 0.1) is 11.2 Å². The van der Waals surface area contributed by atoms with Crippen LogP contribution in [0.5, 0.6) is 0 Å². The molecule has 3 N–H and O–H groups in total. The van der Waals surface area contributed by atoms with E-state index in [4.69, 9.17) is 10.7 Å². The lowest BCUT2D eigenvalue weighted by molar-refractivity contribution is 0.403. The van der Waals surface area contributed by atoms with Gasteiger partial charge in [-0.15, -0.1) is 0 Å². The van der Waals surface area contributed by atoms with Crippen LogP contribution in [-0.2, 0) is 5.54 Å². The fourth-order valence-corrected chi connectivity index (χ4v) is 2.75. The third-order valence-electron chi connectivity index (χ3n) is 4.29. The third-order valence-corrected chi connectivity index (χ3v) is 4.29. The molecule has 0 amide bonds. The molecule has 106 valence electrons. The lowest BCUT2D eigenvalue weighted by atomic mass is 9.96. The second-order valence-electron chi connectivity index (χ2n) is 6.43. The molecule has 1 unspecified atom stereocenters. The van der Waals surface area contributed by atoms with Crippen molar-refractivity contribution in [3.8, 4) is 11.3 Å². The largest absolute Gasteiger partial charge is 0.344 e. The second kappa shape index (κ2) is 4.74. The van der Waals surface area contributed by atoms with Crippen LogP contribution in [0.3, 0.4) is 0 Å². The predicted octanol–water partition coefficient (Wildman–Crippen LogP) is 3.78. The Balaban J connectivity index is 2.07. The Morgan fingerprint density at radius 3 is 2.45 bits per heavy atom. The Kier molecular flexibility index (Phi) is 3.17. The molecule has 2 aromatic rings. The lowest BCUT2D eigenvalue weighted by Crippen LogP contribution is -2.36. The quantitative estimate of drug-likeness (QED) is 0.887. The van der Waals surface area contributed by atoms with Gasteiger partial charge in [-0.2, -0.15) is 0 Å². The maximum Gasteiger partial charge on any atom is 0.127 e. The molecule has 3 rings (SSSR count).